The zero-order valence-electron chi connectivity index (χ0n) is 15.7. The average Bonchev–Trinajstić information content (AvgIpc) is 2.70. The number of fused-ring (bicyclic) bond motifs is 1. The van der Waals surface area contributed by atoms with Gasteiger partial charge in [-0.15, -0.1) is 0 Å². The maximum absolute atomic E-state index is 12.0. The highest BCUT2D eigenvalue weighted by Crippen LogP contribution is 2.33. The number of carbonyl (C=O) groups excluding carboxylic acids is 1. The van der Waals surface area contributed by atoms with E-state index in [4.69, 9.17) is 18.9 Å². The molecule has 1 heterocycles. The predicted molar refractivity (Wildman–Crippen MR) is 99.2 cm³/mol. The molecule has 1 aliphatic heterocycles. The third-order valence-corrected chi connectivity index (χ3v) is 4.27. The number of non-ortho nitro benzene ring substituents is 1. The van der Waals surface area contributed by atoms with Crippen LogP contribution in [0.25, 0.3) is 0 Å². The van der Waals surface area contributed by atoms with Crippen molar-refractivity contribution in [2.75, 3.05) is 13.4 Å². The van der Waals surface area contributed by atoms with Gasteiger partial charge in [0.15, 0.2) is 13.4 Å². The number of nitrogens with zero attached hydrogens (tertiary/aromatic N) is 1. The number of carbonyl (C=O) groups is 1. The van der Waals surface area contributed by atoms with Gasteiger partial charge in [-0.2, -0.15) is 0 Å². The first kappa shape index (κ1) is 19.6. The van der Waals surface area contributed by atoms with Gasteiger partial charge in [0.1, 0.15) is 18.1 Å². The molecular weight excluding hydrogens is 366 g/mol. The Morgan fingerprint density at radius 1 is 1.25 bits per heavy atom. The SMILES string of the molecule is CC(C)c1ccc(OCC(=O)OCc2cc([N+](=O)[O-])cc3c2OCOC3)cc1. The summed E-state index contributed by atoms with van der Waals surface area (Å²) < 4.78 is 21.2. The summed E-state index contributed by atoms with van der Waals surface area (Å²) in [6.07, 6.45) is 0. The Morgan fingerprint density at radius 3 is 2.68 bits per heavy atom. The molecule has 0 aromatic heterocycles. The van der Waals surface area contributed by atoms with Gasteiger partial charge in [0.2, 0.25) is 0 Å². The van der Waals surface area contributed by atoms with Crippen LogP contribution in [-0.4, -0.2) is 24.3 Å². The molecule has 8 nitrogen and oxygen atoms in total. The van der Waals surface area contributed by atoms with Gasteiger partial charge in [0.25, 0.3) is 5.69 Å². The van der Waals surface area contributed by atoms with Crippen molar-refractivity contribution in [1.82, 2.24) is 0 Å². The molecule has 3 rings (SSSR count). The van der Waals surface area contributed by atoms with E-state index in [-0.39, 0.29) is 32.3 Å². The fraction of sp³-hybridized carbons (Fsp3) is 0.350. The molecule has 2 aromatic rings. The monoisotopic (exact) mass is 387 g/mol. The van der Waals surface area contributed by atoms with Crippen LogP contribution in [0.3, 0.4) is 0 Å². The third-order valence-electron chi connectivity index (χ3n) is 4.27. The zero-order valence-corrected chi connectivity index (χ0v) is 15.7. The second-order valence-corrected chi connectivity index (χ2v) is 6.63. The van der Waals surface area contributed by atoms with Crippen molar-refractivity contribution in [3.8, 4) is 11.5 Å². The number of ether oxygens (including phenoxy) is 4. The van der Waals surface area contributed by atoms with Crippen LogP contribution >= 0.6 is 0 Å². The molecule has 0 amide bonds. The van der Waals surface area contributed by atoms with Crippen molar-refractivity contribution in [3.05, 3.63) is 63.2 Å². The number of nitro groups is 1. The van der Waals surface area contributed by atoms with E-state index in [1.54, 1.807) is 12.1 Å². The van der Waals surface area contributed by atoms with E-state index in [1.807, 2.05) is 12.1 Å². The number of rotatable bonds is 7. The summed E-state index contributed by atoms with van der Waals surface area (Å²) in [6.45, 7) is 4.01. The van der Waals surface area contributed by atoms with Crippen LogP contribution < -0.4 is 9.47 Å². The van der Waals surface area contributed by atoms with E-state index in [9.17, 15) is 14.9 Å². The quantitative estimate of drug-likeness (QED) is 0.406. The minimum atomic E-state index is -0.583. The molecule has 0 saturated carbocycles. The van der Waals surface area contributed by atoms with E-state index in [0.29, 0.717) is 28.5 Å². The van der Waals surface area contributed by atoms with Crippen molar-refractivity contribution in [2.24, 2.45) is 0 Å². The van der Waals surface area contributed by atoms with Crippen LogP contribution in [0.5, 0.6) is 11.5 Å². The maximum Gasteiger partial charge on any atom is 0.344 e. The van der Waals surface area contributed by atoms with Gasteiger partial charge in [-0.3, -0.25) is 10.1 Å². The van der Waals surface area contributed by atoms with Crippen LogP contribution in [0.1, 0.15) is 36.5 Å². The topological polar surface area (TPSA) is 97.1 Å². The minimum absolute atomic E-state index is 0.0429. The van der Waals surface area contributed by atoms with Crippen molar-refractivity contribution in [1.29, 1.82) is 0 Å². The van der Waals surface area contributed by atoms with Crippen molar-refractivity contribution in [2.45, 2.75) is 33.0 Å². The fourth-order valence-corrected chi connectivity index (χ4v) is 2.78. The van der Waals surface area contributed by atoms with Crippen LogP contribution in [0.15, 0.2) is 36.4 Å². The summed E-state index contributed by atoms with van der Waals surface area (Å²) in [5, 5.41) is 11.1. The lowest BCUT2D eigenvalue weighted by molar-refractivity contribution is -0.385. The molecule has 2 aromatic carbocycles. The fourth-order valence-electron chi connectivity index (χ4n) is 2.78. The molecule has 0 N–H and O–H groups in total. The highest BCUT2D eigenvalue weighted by atomic mass is 16.7. The summed E-state index contributed by atoms with van der Waals surface area (Å²) in [5.74, 6) is 0.845. The molecule has 0 aliphatic carbocycles. The molecule has 0 fully saturated rings. The molecule has 0 saturated heterocycles. The molecule has 0 spiro atoms. The largest absolute Gasteiger partial charge is 0.482 e. The Balaban J connectivity index is 1.59. The van der Waals surface area contributed by atoms with E-state index in [1.165, 1.54) is 17.7 Å². The van der Waals surface area contributed by atoms with Crippen molar-refractivity contribution in [3.63, 3.8) is 0 Å². The molecule has 0 bridgehead atoms. The Labute approximate surface area is 162 Å². The zero-order chi connectivity index (χ0) is 20.1. The van der Waals surface area contributed by atoms with E-state index in [0.717, 1.165) is 0 Å². The van der Waals surface area contributed by atoms with Gasteiger partial charge in [-0.25, -0.2) is 4.79 Å². The first-order valence-electron chi connectivity index (χ1n) is 8.83. The summed E-state index contributed by atoms with van der Waals surface area (Å²) >= 11 is 0. The standard InChI is InChI=1S/C20H21NO7/c1-13(2)14-3-5-18(6-4-14)26-11-19(22)27-10-16-8-17(21(23)24)7-15-9-25-12-28-20(15)16/h3-8,13H,9-12H2,1-2H3. The number of hydrogen-bond acceptors (Lipinski definition) is 7. The highest BCUT2D eigenvalue weighted by Gasteiger charge is 2.21. The summed E-state index contributed by atoms with van der Waals surface area (Å²) in [7, 11) is 0. The van der Waals surface area contributed by atoms with Crippen LogP contribution in [0, 0.1) is 10.1 Å². The van der Waals surface area contributed by atoms with Gasteiger partial charge >= 0.3 is 5.97 Å². The number of benzene rings is 2. The second kappa shape index (κ2) is 8.71. The lowest BCUT2D eigenvalue weighted by Gasteiger charge is -2.20. The molecular formula is C20H21NO7. The Morgan fingerprint density at radius 2 is 2.00 bits per heavy atom. The smallest absolute Gasteiger partial charge is 0.344 e. The van der Waals surface area contributed by atoms with Gasteiger partial charge in [0, 0.05) is 23.3 Å². The van der Waals surface area contributed by atoms with Crippen LogP contribution in [0.2, 0.25) is 0 Å². The van der Waals surface area contributed by atoms with Crippen LogP contribution in [0.4, 0.5) is 5.69 Å². The van der Waals surface area contributed by atoms with E-state index in [2.05, 4.69) is 13.8 Å². The molecule has 148 valence electrons. The lowest BCUT2D eigenvalue weighted by Crippen LogP contribution is -2.17. The number of esters is 1. The maximum atomic E-state index is 12.0. The van der Waals surface area contributed by atoms with E-state index >= 15 is 0 Å². The van der Waals surface area contributed by atoms with Gasteiger partial charge < -0.3 is 18.9 Å². The molecule has 1 aliphatic rings. The van der Waals surface area contributed by atoms with Crippen molar-refractivity contribution < 1.29 is 28.7 Å². The summed E-state index contributed by atoms with van der Waals surface area (Å²) in [5.41, 5.74) is 2.03. The first-order chi connectivity index (χ1) is 13.4. The Hall–Kier alpha value is -3.13. The summed E-state index contributed by atoms with van der Waals surface area (Å²) in [6, 6.07) is 10.2. The lowest BCUT2D eigenvalue weighted by atomic mass is 10.0. The molecule has 28 heavy (non-hydrogen) atoms. The molecule has 0 radical (unpaired) electrons. The molecule has 8 heteroatoms. The van der Waals surface area contributed by atoms with E-state index < -0.39 is 10.9 Å². The van der Waals surface area contributed by atoms with Crippen LogP contribution in [-0.2, 0) is 27.5 Å². The number of hydrogen-bond donors (Lipinski definition) is 0. The molecule has 0 atom stereocenters. The van der Waals surface area contributed by atoms with Gasteiger partial charge in [-0.1, -0.05) is 26.0 Å². The average molecular weight is 387 g/mol. The summed E-state index contributed by atoms with van der Waals surface area (Å²) in [4.78, 5) is 22.6. The minimum Gasteiger partial charge on any atom is -0.482 e. The van der Waals surface area contributed by atoms with Crippen molar-refractivity contribution >= 4 is 11.7 Å². The first-order valence-corrected chi connectivity index (χ1v) is 8.83. The normalized spacial score (nSPS) is 12.8. The highest BCUT2D eigenvalue weighted by molar-refractivity contribution is 5.71. The third kappa shape index (κ3) is 4.77. The Kier molecular flexibility index (Phi) is 6.10. The predicted octanol–water partition coefficient (Wildman–Crippen LogP) is 3.71. The van der Waals surface area contributed by atoms with Gasteiger partial charge in [0.05, 0.1) is 11.5 Å². The Bertz CT molecular complexity index is 862. The molecule has 0 unspecified atom stereocenters. The second-order valence-electron chi connectivity index (χ2n) is 6.63. The van der Waals surface area contributed by atoms with Gasteiger partial charge in [-0.05, 0) is 23.6 Å². The number of nitro benzene ring substituents is 1.